The fraction of sp³-hybridized carbons (Fsp3) is 0.667. The summed E-state index contributed by atoms with van der Waals surface area (Å²) in [6, 6.07) is 4.75. The predicted octanol–water partition coefficient (Wildman–Crippen LogP) is 6.59. The Bertz CT molecular complexity index is 719. The Balaban J connectivity index is 3.26. The first-order valence-electron chi connectivity index (χ1n) is 8.50. The van der Waals surface area contributed by atoms with Gasteiger partial charge < -0.3 is 5.11 Å². The van der Waals surface area contributed by atoms with Gasteiger partial charge in [-0.05, 0) is 30.4 Å². The third-order valence-electron chi connectivity index (χ3n) is 4.39. The van der Waals surface area contributed by atoms with E-state index >= 15 is 0 Å². The zero-order valence-corrected chi connectivity index (χ0v) is 15.9. The molecule has 1 unspecified atom stereocenters. The molecule has 0 saturated carbocycles. The lowest BCUT2D eigenvalue weighted by Crippen LogP contribution is -2.67. The van der Waals surface area contributed by atoms with Crippen LogP contribution in [-0.4, -0.2) is 35.0 Å². The largest absolute Gasteiger partial charge is 0.460 e. The van der Waals surface area contributed by atoms with Gasteiger partial charge >= 0.3 is 29.9 Å². The van der Waals surface area contributed by atoms with Gasteiger partial charge in [-0.2, -0.15) is 48.3 Å². The van der Waals surface area contributed by atoms with Crippen LogP contribution in [0.5, 0.6) is 0 Å². The first-order valence-corrected chi connectivity index (χ1v) is 8.50. The maximum Gasteiger partial charge on any atom is 0.460 e. The molecule has 0 spiro atoms. The summed E-state index contributed by atoms with van der Waals surface area (Å²) in [5, 5.41) is 10.1. The number of alkyl halides is 11. The van der Waals surface area contributed by atoms with Crippen LogP contribution >= 0.6 is 0 Å². The van der Waals surface area contributed by atoms with E-state index in [-0.39, 0.29) is 5.92 Å². The third kappa shape index (κ3) is 4.67. The zero-order chi connectivity index (χ0) is 24.0. The lowest BCUT2D eigenvalue weighted by Gasteiger charge is -2.39. The molecular weight excluding hydrogens is 441 g/mol. The summed E-state index contributed by atoms with van der Waals surface area (Å²) in [7, 11) is 0. The molecule has 30 heavy (non-hydrogen) atoms. The number of aliphatic hydroxyl groups is 1. The van der Waals surface area contributed by atoms with Crippen LogP contribution in [0.15, 0.2) is 24.3 Å². The van der Waals surface area contributed by atoms with Crippen molar-refractivity contribution in [2.75, 3.05) is 0 Å². The highest BCUT2D eigenvalue weighted by molar-refractivity contribution is 5.27. The summed E-state index contributed by atoms with van der Waals surface area (Å²) < 4.78 is 144. The smallest absolute Gasteiger partial charge is 0.385 e. The fourth-order valence-electron chi connectivity index (χ4n) is 2.72. The van der Waals surface area contributed by atoms with Gasteiger partial charge in [-0.1, -0.05) is 38.1 Å². The first kappa shape index (κ1) is 26.4. The van der Waals surface area contributed by atoms with E-state index in [4.69, 9.17) is 0 Å². The van der Waals surface area contributed by atoms with Crippen molar-refractivity contribution in [2.45, 2.75) is 69.1 Å². The minimum absolute atomic E-state index is 0.178. The zero-order valence-electron chi connectivity index (χ0n) is 15.9. The van der Waals surface area contributed by atoms with Crippen molar-refractivity contribution in [1.82, 2.24) is 0 Å². The van der Waals surface area contributed by atoms with Gasteiger partial charge in [0.05, 0.1) is 12.0 Å². The second kappa shape index (κ2) is 7.83. The Hall–Kier alpha value is -1.59. The summed E-state index contributed by atoms with van der Waals surface area (Å²) in [6.45, 7) is 4.22. The molecule has 1 aromatic carbocycles. The maximum atomic E-state index is 14.0. The number of hydrogen-bond acceptors (Lipinski definition) is 1. The highest BCUT2D eigenvalue weighted by Gasteiger charge is 2.87. The fourth-order valence-corrected chi connectivity index (χ4v) is 2.72. The van der Waals surface area contributed by atoms with Crippen molar-refractivity contribution >= 4 is 0 Å². The summed E-state index contributed by atoms with van der Waals surface area (Å²) >= 11 is 0. The van der Waals surface area contributed by atoms with Crippen LogP contribution in [0.2, 0.25) is 0 Å². The van der Waals surface area contributed by atoms with E-state index in [1.807, 2.05) is 13.8 Å². The Morgan fingerprint density at radius 3 is 1.53 bits per heavy atom. The molecule has 174 valence electrons. The molecule has 0 aliphatic rings. The number of hydrogen-bond donors (Lipinski definition) is 1. The molecule has 0 bridgehead atoms. The quantitative estimate of drug-likeness (QED) is 0.434. The molecule has 0 saturated heterocycles. The number of rotatable bonds is 8. The molecular formula is C18H19F11O. The van der Waals surface area contributed by atoms with Gasteiger partial charge in [0.1, 0.15) is 0 Å². The SMILES string of the molecule is CC(C)Cc1ccc(C(C)(O)CC(F)(F)C(F)(F)C(F)(F)C(F)(F)C(F)(F)F)cc1. The minimum atomic E-state index is -7.49. The van der Waals surface area contributed by atoms with E-state index in [1.165, 1.54) is 12.1 Å². The van der Waals surface area contributed by atoms with Gasteiger partial charge in [0.15, 0.2) is 0 Å². The average molecular weight is 460 g/mol. The van der Waals surface area contributed by atoms with Crippen molar-refractivity contribution in [3.63, 3.8) is 0 Å². The molecule has 12 heteroatoms. The molecule has 1 atom stereocenters. The first-order chi connectivity index (χ1) is 13.1. The molecule has 0 heterocycles. The standard InChI is InChI=1S/C18H19F11O/c1-10(2)8-11-4-6-12(7-5-11)13(3,30)9-14(19,20)15(21,22)16(23,24)17(25,26)18(27,28)29/h4-7,10,30H,8-9H2,1-3H3. The molecule has 1 N–H and O–H groups in total. The number of halogens is 11. The van der Waals surface area contributed by atoms with Crippen LogP contribution in [0.25, 0.3) is 0 Å². The summed E-state index contributed by atoms with van der Waals surface area (Å²) in [5.41, 5.74) is -2.73. The van der Waals surface area contributed by atoms with E-state index < -0.39 is 47.5 Å². The van der Waals surface area contributed by atoms with Crippen molar-refractivity contribution in [2.24, 2.45) is 5.92 Å². The average Bonchev–Trinajstić information content (AvgIpc) is 2.52. The maximum absolute atomic E-state index is 14.0. The predicted molar refractivity (Wildman–Crippen MR) is 85.0 cm³/mol. The third-order valence-corrected chi connectivity index (χ3v) is 4.39. The molecule has 0 radical (unpaired) electrons. The molecule has 0 fully saturated rings. The van der Waals surface area contributed by atoms with Crippen molar-refractivity contribution < 1.29 is 53.4 Å². The lowest BCUT2D eigenvalue weighted by molar-refractivity contribution is -0.424. The van der Waals surface area contributed by atoms with E-state index in [9.17, 15) is 53.4 Å². The Kier molecular flexibility index (Phi) is 6.90. The van der Waals surface area contributed by atoms with E-state index in [0.717, 1.165) is 12.1 Å². The summed E-state index contributed by atoms with van der Waals surface area (Å²) in [6.07, 6.45) is -9.24. The van der Waals surface area contributed by atoms with Crippen molar-refractivity contribution in [3.05, 3.63) is 35.4 Å². The number of benzene rings is 1. The monoisotopic (exact) mass is 460 g/mol. The molecule has 0 aliphatic heterocycles. The van der Waals surface area contributed by atoms with Gasteiger partial charge in [-0.15, -0.1) is 0 Å². The van der Waals surface area contributed by atoms with Gasteiger partial charge in [0.25, 0.3) is 0 Å². The highest BCUT2D eigenvalue weighted by atomic mass is 19.4. The highest BCUT2D eigenvalue weighted by Crippen LogP contribution is 2.59. The van der Waals surface area contributed by atoms with Crippen LogP contribution in [0.1, 0.15) is 38.3 Å². The van der Waals surface area contributed by atoms with Crippen LogP contribution in [0.3, 0.4) is 0 Å². The molecule has 1 nitrogen and oxygen atoms in total. The van der Waals surface area contributed by atoms with Gasteiger partial charge in [-0.25, -0.2) is 0 Å². The topological polar surface area (TPSA) is 20.2 Å². The second-order valence-corrected chi connectivity index (χ2v) is 7.67. The Morgan fingerprint density at radius 2 is 1.17 bits per heavy atom. The Morgan fingerprint density at radius 1 is 0.733 bits per heavy atom. The Labute approximate surface area is 164 Å². The molecule has 0 amide bonds. The van der Waals surface area contributed by atoms with Crippen LogP contribution in [-0.2, 0) is 12.0 Å². The van der Waals surface area contributed by atoms with Gasteiger partial charge in [-0.3, -0.25) is 0 Å². The molecule has 1 rings (SSSR count). The van der Waals surface area contributed by atoms with Gasteiger partial charge in [0.2, 0.25) is 0 Å². The van der Waals surface area contributed by atoms with E-state index in [0.29, 0.717) is 18.9 Å². The molecule has 0 aliphatic carbocycles. The van der Waals surface area contributed by atoms with Crippen molar-refractivity contribution in [3.8, 4) is 0 Å². The normalized spacial score (nSPS) is 16.7. The molecule has 0 aromatic heterocycles. The van der Waals surface area contributed by atoms with E-state index in [1.54, 1.807) is 0 Å². The lowest BCUT2D eigenvalue weighted by atomic mass is 9.84. The second-order valence-electron chi connectivity index (χ2n) is 7.67. The van der Waals surface area contributed by atoms with Crippen LogP contribution < -0.4 is 0 Å². The van der Waals surface area contributed by atoms with Gasteiger partial charge in [0, 0.05) is 0 Å². The summed E-state index contributed by atoms with van der Waals surface area (Å²) in [5.74, 6) is -28.0. The van der Waals surface area contributed by atoms with Crippen LogP contribution in [0.4, 0.5) is 48.3 Å². The molecule has 1 aromatic rings. The van der Waals surface area contributed by atoms with E-state index in [2.05, 4.69) is 0 Å². The summed E-state index contributed by atoms with van der Waals surface area (Å²) in [4.78, 5) is 0. The minimum Gasteiger partial charge on any atom is -0.385 e. The van der Waals surface area contributed by atoms with Crippen LogP contribution in [0, 0.1) is 5.92 Å². The van der Waals surface area contributed by atoms with Crippen molar-refractivity contribution in [1.29, 1.82) is 0 Å².